The molecule has 234 valence electrons. The highest BCUT2D eigenvalue weighted by molar-refractivity contribution is 7.99. The Morgan fingerprint density at radius 1 is 1.13 bits per heavy atom. The molecule has 5 rings (SSSR count). The molecule has 2 heterocycles. The molecule has 9 nitrogen and oxygen atoms in total. The number of amides is 2. The van der Waals surface area contributed by atoms with Gasteiger partial charge in [-0.05, 0) is 43.7 Å². The van der Waals surface area contributed by atoms with Gasteiger partial charge in [0, 0.05) is 67.7 Å². The Morgan fingerprint density at radius 2 is 1.93 bits per heavy atom. The van der Waals surface area contributed by atoms with Crippen molar-refractivity contribution in [3.05, 3.63) is 93.5 Å². The molecule has 45 heavy (non-hydrogen) atoms. The van der Waals surface area contributed by atoms with E-state index >= 15 is 0 Å². The lowest BCUT2D eigenvalue weighted by Gasteiger charge is -2.30. The van der Waals surface area contributed by atoms with Gasteiger partial charge in [0.2, 0.25) is 5.91 Å². The number of hydrogen-bond acceptors (Lipinski definition) is 6. The first-order valence-corrected chi connectivity index (χ1v) is 15.8. The van der Waals surface area contributed by atoms with Gasteiger partial charge in [-0.2, -0.15) is 5.10 Å². The molecule has 0 spiro atoms. The number of nitrogens with zero attached hydrogens (tertiary/aromatic N) is 3. The fraction of sp³-hybridized carbons (Fsp3) is 0.250. The smallest absolute Gasteiger partial charge is 0.322 e. The second-order valence-corrected chi connectivity index (χ2v) is 12.2. The van der Waals surface area contributed by atoms with Crippen LogP contribution in [0.15, 0.2) is 65.8 Å². The molecule has 4 aromatic rings. The molecule has 1 aliphatic rings. The second kappa shape index (κ2) is 14.4. The highest BCUT2D eigenvalue weighted by Crippen LogP contribution is 2.42. The van der Waals surface area contributed by atoms with E-state index in [0.717, 1.165) is 39.1 Å². The molecule has 0 radical (unpaired) electrons. The minimum Gasteiger partial charge on any atom is -0.493 e. The van der Waals surface area contributed by atoms with Gasteiger partial charge in [-0.3, -0.25) is 19.1 Å². The Bertz CT molecular complexity index is 1740. The van der Waals surface area contributed by atoms with E-state index in [1.165, 1.54) is 6.07 Å². The lowest BCUT2D eigenvalue weighted by molar-refractivity contribution is -0.135. The predicted molar refractivity (Wildman–Crippen MR) is 172 cm³/mol. The van der Waals surface area contributed by atoms with Gasteiger partial charge in [0.25, 0.3) is 5.91 Å². The summed E-state index contributed by atoms with van der Waals surface area (Å²) in [5.41, 5.74) is 3.45. The van der Waals surface area contributed by atoms with Crippen LogP contribution < -0.4 is 15.0 Å². The van der Waals surface area contributed by atoms with Crippen LogP contribution in [0.5, 0.6) is 5.75 Å². The van der Waals surface area contributed by atoms with Gasteiger partial charge >= 0.3 is 5.97 Å². The molecule has 2 N–H and O–H groups in total. The average Bonchev–Trinajstić information content (AvgIpc) is 3.49. The lowest BCUT2D eigenvalue weighted by Crippen LogP contribution is -2.35. The van der Waals surface area contributed by atoms with Gasteiger partial charge in [0.1, 0.15) is 18.1 Å². The third kappa shape index (κ3) is 7.61. The SMILES string of the molecule is Cc1c(Cl)cccc1OCCCC(=O)N1CCSc2c(-c3cnn(Cc4c(F)cc(C(=O)NCC(=O)O)cc4Cl)c3)cccc21. The zero-order valence-electron chi connectivity index (χ0n) is 24.2. The number of carbonyl (C=O) groups excluding carboxylic acids is 2. The van der Waals surface area contributed by atoms with Crippen LogP contribution in [0.2, 0.25) is 10.0 Å². The number of carbonyl (C=O) groups is 3. The van der Waals surface area contributed by atoms with Gasteiger partial charge in [0.05, 0.1) is 25.0 Å². The zero-order chi connectivity index (χ0) is 32.1. The van der Waals surface area contributed by atoms with E-state index < -0.39 is 24.2 Å². The van der Waals surface area contributed by atoms with Crippen molar-refractivity contribution in [1.29, 1.82) is 0 Å². The fourth-order valence-corrected chi connectivity index (χ4v) is 6.49. The number of anilines is 1. The van der Waals surface area contributed by atoms with Crippen LogP contribution in [0.3, 0.4) is 0 Å². The molecule has 0 bridgehead atoms. The van der Waals surface area contributed by atoms with Crippen molar-refractivity contribution in [2.45, 2.75) is 31.2 Å². The summed E-state index contributed by atoms with van der Waals surface area (Å²) in [4.78, 5) is 38.9. The van der Waals surface area contributed by atoms with Crippen molar-refractivity contribution < 1.29 is 28.6 Å². The zero-order valence-corrected chi connectivity index (χ0v) is 26.5. The van der Waals surface area contributed by atoms with E-state index in [2.05, 4.69) is 10.4 Å². The van der Waals surface area contributed by atoms with Crippen LogP contribution in [-0.2, 0) is 16.1 Å². The molecule has 0 unspecified atom stereocenters. The molecule has 0 saturated carbocycles. The first kappa shape index (κ1) is 32.3. The number of rotatable bonds is 11. The second-order valence-electron chi connectivity index (χ2n) is 10.3. The highest BCUT2D eigenvalue weighted by atomic mass is 35.5. The Kier molecular flexibility index (Phi) is 10.3. The maximum atomic E-state index is 15.0. The number of carboxylic acid groups (broad SMARTS) is 1. The molecule has 3 aromatic carbocycles. The van der Waals surface area contributed by atoms with E-state index in [1.54, 1.807) is 28.8 Å². The van der Waals surface area contributed by atoms with Crippen molar-refractivity contribution in [1.82, 2.24) is 15.1 Å². The van der Waals surface area contributed by atoms with Crippen molar-refractivity contribution in [3.8, 4) is 16.9 Å². The fourth-order valence-electron chi connectivity index (χ4n) is 4.91. The van der Waals surface area contributed by atoms with E-state index in [0.29, 0.717) is 36.8 Å². The van der Waals surface area contributed by atoms with Crippen LogP contribution >= 0.6 is 35.0 Å². The third-order valence-corrected chi connectivity index (χ3v) is 9.08. The monoisotopic (exact) mass is 670 g/mol. The van der Waals surface area contributed by atoms with E-state index in [1.807, 2.05) is 48.2 Å². The molecule has 0 fully saturated rings. The first-order chi connectivity index (χ1) is 21.6. The van der Waals surface area contributed by atoms with E-state index in [9.17, 15) is 18.8 Å². The van der Waals surface area contributed by atoms with Gasteiger partial charge in [-0.15, -0.1) is 11.8 Å². The summed E-state index contributed by atoms with van der Waals surface area (Å²) in [6.07, 6.45) is 4.34. The Labute approximate surface area is 273 Å². The number of benzene rings is 3. The van der Waals surface area contributed by atoms with Gasteiger partial charge in [-0.1, -0.05) is 41.4 Å². The molecule has 1 aliphatic heterocycles. The maximum absolute atomic E-state index is 15.0. The number of halogens is 3. The molecule has 0 atom stereocenters. The number of fused-ring (bicyclic) bond motifs is 1. The number of carboxylic acids is 1. The summed E-state index contributed by atoms with van der Waals surface area (Å²) in [7, 11) is 0. The molecule has 13 heteroatoms. The third-order valence-electron chi connectivity index (χ3n) is 7.23. The van der Waals surface area contributed by atoms with Crippen LogP contribution in [0, 0.1) is 12.7 Å². The summed E-state index contributed by atoms with van der Waals surface area (Å²) >= 11 is 14.1. The maximum Gasteiger partial charge on any atom is 0.322 e. The topological polar surface area (TPSA) is 114 Å². The van der Waals surface area contributed by atoms with Crippen molar-refractivity contribution in [2.24, 2.45) is 0 Å². The normalized spacial score (nSPS) is 12.5. The van der Waals surface area contributed by atoms with Gasteiger partial charge < -0.3 is 20.1 Å². The molecular weight excluding hydrogens is 642 g/mol. The minimum atomic E-state index is -1.22. The molecule has 2 amide bonds. The lowest BCUT2D eigenvalue weighted by atomic mass is 10.1. The summed E-state index contributed by atoms with van der Waals surface area (Å²) in [6, 6.07) is 13.6. The number of thioether (sulfide) groups is 1. The summed E-state index contributed by atoms with van der Waals surface area (Å²) in [5.74, 6) is -1.22. The van der Waals surface area contributed by atoms with Crippen LogP contribution in [0.1, 0.15) is 34.3 Å². The average molecular weight is 672 g/mol. The van der Waals surface area contributed by atoms with Crippen LogP contribution in [0.25, 0.3) is 11.1 Å². The van der Waals surface area contributed by atoms with Crippen molar-refractivity contribution >= 4 is 58.4 Å². The van der Waals surface area contributed by atoms with Crippen LogP contribution in [-0.4, -0.2) is 58.1 Å². The van der Waals surface area contributed by atoms with Crippen molar-refractivity contribution in [2.75, 3.05) is 30.3 Å². The highest BCUT2D eigenvalue weighted by Gasteiger charge is 2.25. The molecule has 1 aromatic heterocycles. The number of hydrogen-bond donors (Lipinski definition) is 2. The van der Waals surface area contributed by atoms with Crippen LogP contribution in [0.4, 0.5) is 10.1 Å². The largest absolute Gasteiger partial charge is 0.493 e. The predicted octanol–water partition coefficient (Wildman–Crippen LogP) is 6.47. The standard InChI is InChI=1S/C32H29Cl2FN4O5S/c1-19-24(33)6-3-8-28(19)44-11-4-9-29(40)39-10-12-45-31-22(5-2-7-27(31)39)21-15-37-38(17-21)18-23-25(34)13-20(14-26(23)35)32(43)36-16-30(41)42/h2-3,5-8,13-15,17H,4,9-12,16,18H2,1H3,(H,36,43)(H,41,42). The molecule has 0 aliphatic carbocycles. The van der Waals surface area contributed by atoms with E-state index in [4.69, 9.17) is 33.0 Å². The number of aliphatic carboxylic acids is 1. The Morgan fingerprint density at radius 3 is 2.71 bits per heavy atom. The quantitative estimate of drug-likeness (QED) is 0.176. The number of nitrogens with one attached hydrogen (secondary N) is 1. The summed E-state index contributed by atoms with van der Waals surface area (Å²) in [5, 5.41) is 16.0. The molecular formula is C32H29Cl2FN4O5S. The summed E-state index contributed by atoms with van der Waals surface area (Å²) < 4.78 is 22.4. The number of aromatic nitrogens is 2. The van der Waals surface area contributed by atoms with Crippen molar-refractivity contribution in [3.63, 3.8) is 0 Å². The Balaban J connectivity index is 1.26. The van der Waals surface area contributed by atoms with E-state index in [-0.39, 0.29) is 28.6 Å². The first-order valence-electron chi connectivity index (χ1n) is 14.1. The van der Waals surface area contributed by atoms with Gasteiger partial charge in [0.15, 0.2) is 0 Å². The number of ether oxygens (including phenoxy) is 1. The molecule has 0 saturated heterocycles. The summed E-state index contributed by atoms with van der Waals surface area (Å²) in [6.45, 7) is 2.29. The Hall–Kier alpha value is -4.06. The van der Waals surface area contributed by atoms with Gasteiger partial charge in [-0.25, -0.2) is 4.39 Å². The minimum absolute atomic E-state index is 0.00521.